The van der Waals surface area contributed by atoms with Gasteiger partial charge in [0.05, 0.1) is 0 Å². The summed E-state index contributed by atoms with van der Waals surface area (Å²) in [7, 11) is 0. The first-order chi connectivity index (χ1) is 4.22. The van der Waals surface area contributed by atoms with Crippen LogP contribution < -0.4 is 0 Å². The average molecular weight is 134 g/mol. The Balaban J connectivity index is 2.52. The van der Waals surface area contributed by atoms with Gasteiger partial charge in [-0.25, -0.2) is 8.78 Å². The van der Waals surface area contributed by atoms with Gasteiger partial charge < -0.3 is 0 Å². The van der Waals surface area contributed by atoms with Crippen molar-refractivity contribution in [3.63, 3.8) is 0 Å². The van der Waals surface area contributed by atoms with E-state index in [0.717, 1.165) is 0 Å². The fraction of sp³-hybridized carbons (Fsp3) is 0.833. The lowest BCUT2D eigenvalue weighted by atomic mass is 9.96. The number of rotatable bonds is 0. The van der Waals surface area contributed by atoms with E-state index in [1.165, 1.54) is 0 Å². The SMILES string of the molecule is O=C1[C@H](F)CCC[C@@H]1F. The van der Waals surface area contributed by atoms with Crippen molar-refractivity contribution in [1.82, 2.24) is 0 Å². The minimum atomic E-state index is -1.53. The molecule has 0 aliphatic heterocycles. The molecular weight excluding hydrogens is 126 g/mol. The quantitative estimate of drug-likeness (QED) is 0.489. The van der Waals surface area contributed by atoms with Crippen molar-refractivity contribution in [3.8, 4) is 0 Å². The summed E-state index contributed by atoms with van der Waals surface area (Å²) < 4.78 is 24.5. The molecule has 2 atom stereocenters. The molecule has 0 aromatic carbocycles. The van der Waals surface area contributed by atoms with Crippen LogP contribution in [0.5, 0.6) is 0 Å². The lowest BCUT2D eigenvalue weighted by Crippen LogP contribution is -2.30. The van der Waals surface area contributed by atoms with Crippen LogP contribution in [0.3, 0.4) is 0 Å². The summed E-state index contributed by atoms with van der Waals surface area (Å²) in [5.74, 6) is -0.860. The maximum Gasteiger partial charge on any atom is 0.200 e. The topological polar surface area (TPSA) is 17.1 Å². The van der Waals surface area contributed by atoms with Gasteiger partial charge in [-0.2, -0.15) is 0 Å². The van der Waals surface area contributed by atoms with Gasteiger partial charge in [0.25, 0.3) is 0 Å². The molecule has 0 radical (unpaired) electrons. The molecule has 0 spiro atoms. The van der Waals surface area contributed by atoms with Gasteiger partial charge in [0.15, 0.2) is 12.3 Å². The van der Waals surface area contributed by atoms with Crippen LogP contribution in [-0.2, 0) is 4.79 Å². The molecule has 1 nitrogen and oxygen atoms in total. The fourth-order valence-electron chi connectivity index (χ4n) is 0.957. The van der Waals surface area contributed by atoms with Gasteiger partial charge in [-0.1, -0.05) is 0 Å². The summed E-state index contributed by atoms with van der Waals surface area (Å²) in [5, 5.41) is 0. The van der Waals surface area contributed by atoms with E-state index in [4.69, 9.17) is 0 Å². The molecule has 1 aliphatic rings. The minimum absolute atomic E-state index is 0.208. The molecule has 0 unspecified atom stereocenters. The Labute approximate surface area is 52.1 Å². The second-order valence-corrected chi connectivity index (χ2v) is 2.27. The monoisotopic (exact) mass is 134 g/mol. The lowest BCUT2D eigenvalue weighted by molar-refractivity contribution is -0.131. The average Bonchev–Trinajstić information content (AvgIpc) is 1.83. The summed E-state index contributed by atoms with van der Waals surface area (Å²) in [5.41, 5.74) is 0. The van der Waals surface area contributed by atoms with E-state index in [9.17, 15) is 13.6 Å². The summed E-state index contributed by atoms with van der Waals surface area (Å²) >= 11 is 0. The Bertz CT molecular complexity index is 112. The van der Waals surface area contributed by atoms with Crippen LogP contribution in [0.15, 0.2) is 0 Å². The van der Waals surface area contributed by atoms with Crippen molar-refractivity contribution >= 4 is 5.78 Å². The fourth-order valence-corrected chi connectivity index (χ4v) is 0.957. The lowest BCUT2D eigenvalue weighted by Gasteiger charge is -2.15. The van der Waals surface area contributed by atoms with Crippen LogP contribution in [0.25, 0.3) is 0 Å². The molecule has 0 aromatic rings. The number of Topliss-reactive ketones (excluding diaryl/α,β-unsaturated/α-hetero) is 1. The highest BCUT2D eigenvalue weighted by Crippen LogP contribution is 2.19. The van der Waals surface area contributed by atoms with E-state index in [1.54, 1.807) is 0 Å². The first-order valence-electron chi connectivity index (χ1n) is 3.03. The summed E-state index contributed by atoms with van der Waals surface area (Å²) in [6, 6.07) is 0. The second kappa shape index (κ2) is 2.42. The molecule has 0 N–H and O–H groups in total. The van der Waals surface area contributed by atoms with Crippen LogP contribution in [-0.4, -0.2) is 18.1 Å². The predicted molar refractivity (Wildman–Crippen MR) is 28.6 cm³/mol. The Morgan fingerprint density at radius 3 is 2.00 bits per heavy atom. The number of carbonyl (C=O) groups excluding carboxylic acids is 1. The van der Waals surface area contributed by atoms with Crippen LogP contribution in [0.4, 0.5) is 8.78 Å². The normalized spacial score (nSPS) is 36.9. The Morgan fingerprint density at radius 1 is 1.22 bits per heavy atom. The molecule has 3 heteroatoms. The standard InChI is InChI=1S/C6H8F2O/c7-4-2-1-3-5(8)6(4)9/h4-5H,1-3H2/t4-,5+. The Hall–Kier alpha value is -0.470. The molecule has 1 aliphatic carbocycles. The van der Waals surface area contributed by atoms with Crippen LogP contribution in [0, 0.1) is 0 Å². The minimum Gasteiger partial charge on any atom is -0.293 e. The Morgan fingerprint density at radius 2 is 1.67 bits per heavy atom. The molecule has 1 rings (SSSR count). The van der Waals surface area contributed by atoms with E-state index in [0.29, 0.717) is 6.42 Å². The highest BCUT2D eigenvalue weighted by Gasteiger charge is 2.30. The predicted octanol–water partition coefficient (Wildman–Crippen LogP) is 1.42. The summed E-state index contributed by atoms with van der Waals surface area (Å²) in [6.45, 7) is 0. The molecule has 0 saturated heterocycles. The number of hydrogen-bond acceptors (Lipinski definition) is 1. The van der Waals surface area contributed by atoms with Gasteiger partial charge in [0.2, 0.25) is 5.78 Å². The van der Waals surface area contributed by atoms with Gasteiger partial charge in [-0.05, 0) is 19.3 Å². The summed E-state index contributed by atoms with van der Waals surface area (Å²) in [4.78, 5) is 10.4. The number of halogens is 2. The van der Waals surface area contributed by atoms with Gasteiger partial charge in [-0.15, -0.1) is 0 Å². The van der Waals surface area contributed by atoms with E-state index >= 15 is 0 Å². The summed E-state index contributed by atoms with van der Waals surface area (Å²) in [6.07, 6.45) is -2.16. The van der Waals surface area contributed by atoms with E-state index in [2.05, 4.69) is 0 Å². The third-order valence-electron chi connectivity index (χ3n) is 1.53. The first-order valence-corrected chi connectivity index (χ1v) is 3.03. The van der Waals surface area contributed by atoms with Crippen molar-refractivity contribution in [2.45, 2.75) is 31.6 Å². The number of ketones is 1. The second-order valence-electron chi connectivity index (χ2n) is 2.27. The van der Waals surface area contributed by atoms with Crippen molar-refractivity contribution in [3.05, 3.63) is 0 Å². The molecule has 9 heavy (non-hydrogen) atoms. The largest absolute Gasteiger partial charge is 0.293 e. The maximum atomic E-state index is 12.2. The number of hydrogen-bond donors (Lipinski definition) is 0. The van der Waals surface area contributed by atoms with Gasteiger partial charge in [0.1, 0.15) is 0 Å². The van der Waals surface area contributed by atoms with Crippen molar-refractivity contribution in [2.24, 2.45) is 0 Å². The smallest absolute Gasteiger partial charge is 0.200 e. The zero-order valence-corrected chi connectivity index (χ0v) is 4.94. The van der Waals surface area contributed by atoms with Gasteiger partial charge in [0, 0.05) is 0 Å². The molecule has 0 heterocycles. The molecule has 0 bridgehead atoms. The molecule has 52 valence electrons. The first kappa shape index (κ1) is 6.65. The molecule has 1 fully saturated rings. The Kier molecular flexibility index (Phi) is 1.78. The third kappa shape index (κ3) is 1.26. The highest BCUT2D eigenvalue weighted by atomic mass is 19.1. The van der Waals surface area contributed by atoms with Crippen LogP contribution >= 0.6 is 0 Å². The molecule has 0 aromatic heterocycles. The van der Waals surface area contributed by atoms with E-state index in [-0.39, 0.29) is 12.8 Å². The van der Waals surface area contributed by atoms with E-state index < -0.39 is 18.1 Å². The zero-order valence-electron chi connectivity index (χ0n) is 4.94. The van der Waals surface area contributed by atoms with Gasteiger partial charge >= 0.3 is 0 Å². The van der Waals surface area contributed by atoms with Gasteiger partial charge in [-0.3, -0.25) is 4.79 Å². The zero-order chi connectivity index (χ0) is 6.85. The van der Waals surface area contributed by atoms with Crippen molar-refractivity contribution in [2.75, 3.05) is 0 Å². The van der Waals surface area contributed by atoms with E-state index in [1.807, 2.05) is 0 Å². The van der Waals surface area contributed by atoms with Crippen molar-refractivity contribution in [1.29, 1.82) is 0 Å². The van der Waals surface area contributed by atoms with Crippen molar-refractivity contribution < 1.29 is 13.6 Å². The molecule has 1 saturated carbocycles. The highest BCUT2D eigenvalue weighted by molar-refractivity contribution is 5.87. The van der Waals surface area contributed by atoms with Crippen LogP contribution in [0.1, 0.15) is 19.3 Å². The number of carbonyl (C=O) groups is 1. The molecule has 0 amide bonds. The van der Waals surface area contributed by atoms with Crippen LogP contribution in [0.2, 0.25) is 0 Å². The molecular formula is C6H8F2O. The maximum absolute atomic E-state index is 12.2. The number of alkyl halides is 2. The third-order valence-corrected chi connectivity index (χ3v) is 1.53.